The minimum atomic E-state index is -0.514. The molecule has 0 saturated heterocycles. The van der Waals surface area contributed by atoms with Crippen LogP contribution in [0.5, 0.6) is 0 Å². The van der Waals surface area contributed by atoms with Crippen molar-refractivity contribution in [3.63, 3.8) is 0 Å². The molecular formula is C12H20N2O2. The van der Waals surface area contributed by atoms with Crippen molar-refractivity contribution in [1.82, 2.24) is 5.32 Å². The van der Waals surface area contributed by atoms with E-state index in [-0.39, 0.29) is 5.92 Å². The van der Waals surface area contributed by atoms with Crippen LogP contribution in [-0.2, 0) is 4.74 Å². The molecule has 1 aliphatic carbocycles. The fourth-order valence-corrected chi connectivity index (χ4v) is 1.98. The summed E-state index contributed by atoms with van der Waals surface area (Å²) in [4.78, 5) is 11.5. The fourth-order valence-electron chi connectivity index (χ4n) is 1.98. The van der Waals surface area contributed by atoms with Crippen LogP contribution in [0.4, 0.5) is 4.79 Å². The molecule has 0 heterocycles. The van der Waals surface area contributed by atoms with Crippen molar-refractivity contribution in [2.75, 3.05) is 0 Å². The largest absolute Gasteiger partial charge is 0.444 e. The summed E-state index contributed by atoms with van der Waals surface area (Å²) in [7, 11) is 0. The third-order valence-corrected chi connectivity index (χ3v) is 2.68. The number of alkyl carbamates (subject to hydrolysis) is 1. The summed E-state index contributed by atoms with van der Waals surface area (Å²) in [6, 6.07) is 1.74. The molecule has 1 amide bonds. The standard InChI is InChI=1S/C12H20N2O2/c1-12(2,3)16-11(15)14-10(8-13)9-6-4-5-7-9/h9-10H,4-7H2,1-3H3,(H,14,15)/t10-/m0/s1. The Labute approximate surface area is 97.0 Å². The van der Waals surface area contributed by atoms with Crippen molar-refractivity contribution in [3.05, 3.63) is 0 Å². The van der Waals surface area contributed by atoms with Gasteiger partial charge in [-0.15, -0.1) is 0 Å². The number of hydrogen-bond acceptors (Lipinski definition) is 3. The maximum atomic E-state index is 11.5. The molecule has 1 N–H and O–H groups in total. The van der Waals surface area contributed by atoms with E-state index in [1.807, 2.05) is 20.8 Å². The smallest absolute Gasteiger partial charge is 0.408 e. The Balaban J connectivity index is 2.44. The predicted molar refractivity (Wildman–Crippen MR) is 60.7 cm³/mol. The van der Waals surface area contributed by atoms with Crippen LogP contribution < -0.4 is 5.32 Å². The SMILES string of the molecule is CC(C)(C)OC(=O)N[C@@H](C#N)C1CCCC1. The number of hydrogen-bond donors (Lipinski definition) is 1. The van der Waals surface area contributed by atoms with E-state index >= 15 is 0 Å². The summed E-state index contributed by atoms with van der Waals surface area (Å²) in [5, 5.41) is 11.7. The Morgan fingerprint density at radius 2 is 2.00 bits per heavy atom. The molecule has 0 spiro atoms. The molecule has 0 aromatic carbocycles. The Hall–Kier alpha value is -1.24. The second-order valence-corrected chi connectivity index (χ2v) is 5.30. The molecule has 4 nitrogen and oxygen atoms in total. The zero-order chi connectivity index (χ0) is 12.2. The molecule has 0 aliphatic heterocycles. The second-order valence-electron chi connectivity index (χ2n) is 5.30. The lowest BCUT2D eigenvalue weighted by molar-refractivity contribution is 0.0502. The highest BCUT2D eigenvalue weighted by Crippen LogP contribution is 2.27. The average molecular weight is 224 g/mol. The number of nitriles is 1. The van der Waals surface area contributed by atoms with Crippen LogP contribution in [0.15, 0.2) is 0 Å². The summed E-state index contributed by atoms with van der Waals surface area (Å²) in [5.74, 6) is 0.289. The number of ether oxygens (including phenoxy) is 1. The Bertz CT molecular complexity index is 282. The Kier molecular flexibility index (Phi) is 4.17. The minimum absolute atomic E-state index is 0.289. The summed E-state index contributed by atoms with van der Waals surface area (Å²) in [6.45, 7) is 5.43. The van der Waals surface area contributed by atoms with E-state index in [0.717, 1.165) is 25.7 Å². The monoisotopic (exact) mass is 224 g/mol. The van der Waals surface area contributed by atoms with E-state index in [4.69, 9.17) is 10.00 Å². The van der Waals surface area contributed by atoms with Crippen molar-refractivity contribution in [3.8, 4) is 6.07 Å². The third kappa shape index (κ3) is 4.09. The van der Waals surface area contributed by atoms with Crippen LogP contribution in [0.25, 0.3) is 0 Å². The summed E-state index contributed by atoms with van der Waals surface area (Å²) in [5.41, 5.74) is -0.514. The van der Waals surface area contributed by atoms with E-state index in [1.165, 1.54) is 0 Å². The lowest BCUT2D eigenvalue weighted by Gasteiger charge is -2.23. The van der Waals surface area contributed by atoms with Gasteiger partial charge in [0.15, 0.2) is 0 Å². The van der Waals surface area contributed by atoms with Gasteiger partial charge in [-0.2, -0.15) is 5.26 Å². The van der Waals surface area contributed by atoms with E-state index in [9.17, 15) is 4.79 Å². The summed E-state index contributed by atoms with van der Waals surface area (Å²) < 4.78 is 5.13. The molecule has 90 valence electrons. The van der Waals surface area contributed by atoms with Gasteiger partial charge in [0, 0.05) is 0 Å². The molecule has 1 aliphatic rings. The molecule has 16 heavy (non-hydrogen) atoms. The minimum Gasteiger partial charge on any atom is -0.444 e. The summed E-state index contributed by atoms with van der Waals surface area (Å²) in [6.07, 6.45) is 3.85. The van der Waals surface area contributed by atoms with Crippen LogP contribution in [0.2, 0.25) is 0 Å². The molecule has 0 aromatic heterocycles. The van der Waals surface area contributed by atoms with Crippen LogP contribution in [0.3, 0.4) is 0 Å². The molecule has 1 fully saturated rings. The van der Waals surface area contributed by atoms with Gasteiger partial charge in [0.25, 0.3) is 0 Å². The van der Waals surface area contributed by atoms with E-state index in [2.05, 4.69) is 11.4 Å². The average Bonchev–Trinajstić information content (AvgIpc) is 2.63. The van der Waals surface area contributed by atoms with E-state index in [1.54, 1.807) is 0 Å². The van der Waals surface area contributed by atoms with E-state index < -0.39 is 17.7 Å². The maximum absolute atomic E-state index is 11.5. The van der Waals surface area contributed by atoms with Crippen molar-refractivity contribution >= 4 is 6.09 Å². The summed E-state index contributed by atoms with van der Waals surface area (Å²) >= 11 is 0. The number of carbonyl (C=O) groups excluding carboxylic acids is 1. The van der Waals surface area contributed by atoms with Crippen LogP contribution in [0, 0.1) is 17.2 Å². The third-order valence-electron chi connectivity index (χ3n) is 2.68. The predicted octanol–water partition coefficient (Wildman–Crippen LogP) is 2.59. The normalized spacial score (nSPS) is 18.9. The van der Waals surface area contributed by atoms with Crippen molar-refractivity contribution < 1.29 is 9.53 Å². The Morgan fingerprint density at radius 3 is 2.44 bits per heavy atom. The second kappa shape index (κ2) is 5.20. The molecule has 1 atom stereocenters. The molecule has 0 radical (unpaired) electrons. The Morgan fingerprint density at radius 1 is 1.44 bits per heavy atom. The molecule has 0 bridgehead atoms. The first-order valence-corrected chi connectivity index (χ1v) is 5.81. The topological polar surface area (TPSA) is 62.1 Å². The highest BCUT2D eigenvalue weighted by molar-refractivity contribution is 5.68. The molecule has 0 aromatic rings. The zero-order valence-corrected chi connectivity index (χ0v) is 10.2. The number of amides is 1. The van der Waals surface area contributed by atoms with Gasteiger partial charge in [0.2, 0.25) is 0 Å². The van der Waals surface area contributed by atoms with Gasteiger partial charge in [-0.3, -0.25) is 0 Å². The fraction of sp³-hybridized carbons (Fsp3) is 0.833. The maximum Gasteiger partial charge on any atom is 0.408 e. The lowest BCUT2D eigenvalue weighted by Crippen LogP contribution is -2.41. The van der Waals surface area contributed by atoms with E-state index in [0.29, 0.717) is 0 Å². The first-order chi connectivity index (χ1) is 7.42. The quantitative estimate of drug-likeness (QED) is 0.784. The molecule has 1 saturated carbocycles. The first-order valence-electron chi connectivity index (χ1n) is 5.81. The van der Waals surface area contributed by atoms with Crippen LogP contribution in [-0.4, -0.2) is 17.7 Å². The zero-order valence-electron chi connectivity index (χ0n) is 10.2. The number of rotatable bonds is 2. The van der Waals surface area contributed by atoms with Crippen LogP contribution in [0.1, 0.15) is 46.5 Å². The molecule has 4 heteroatoms. The van der Waals surface area contributed by atoms with Gasteiger partial charge < -0.3 is 10.1 Å². The van der Waals surface area contributed by atoms with Gasteiger partial charge in [0.05, 0.1) is 6.07 Å². The van der Waals surface area contributed by atoms with Crippen LogP contribution >= 0.6 is 0 Å². The van der Waals surface area contributed by atoms with Gasteiger partial charge in [-0.25, -0.2) is 4.79 Å². The van der Waals surface area contributed by atoms with Crippen molar-refractivity contribution in [2.24, 2.45) is 5.92 Å². The highest BCUT2D eigenvalue weighted by Gasteiger charge is 2.27. The number of nitrogens with one attached hydrogen (secondary N) is 1. The molecular weight excluding hydrogens is 204 g/mol. The van der Waals surface area contributed by atoms with Crippen molar-refractivity contribution in [1.29, 1.82) is 5.26 Å². The highest BCUT2D eigenvalue weighted by atomic mass is 16.6. The lowest BCUT2D eigenvalue weighted by atomic mass is 10.00. The number of carbonyl (C=O) groups is 1. The number of nitrogens with zero attached hydrogens (tertiary/aromatic N) is 1. The van der Waals surface area contributed by atoms with Gasteiger partial charge in [-0.1, -0.05) is 12.8 Å². The van der Waals surface area contributed by atoms with Gasteiger partial charge in [-0.05, 0) is 39.5 Å². The van der Waals surface area contributed by atoms with Gasteiger partial charge in [0.1, 0.15) is 11.6 Å². The molecule has 0 unspecified atom stereocenters. The van der Waals surface area contributed by atoms with Crippen molar-refractivity contribution in [2.45, 2.75) is 58.1 Å². The first kappa shape index (κ1) is 12.8. The molecule has 1 rings (SSSR count). The van der Waals surface area contributed by atoms with Gasteiger partial charge >= 0.3 is 6.09 Å².